The number of fused-ring (bicyclic) bond motifs is 2. The summed E-state index contributed by atoms with van der Waals surface area (Å²) in [5.74, 6) is -3.33. The molecule has 0 spiro atoms. The molecule has 6 amide bonds. The van der Waals surface area contributed by atoms with Crippen LogP contribution in [0.4, 0.5) is 11.4 Å². The summed E-state index contributed by atoms with van der Waals surface area (Å²) in [7, 11) is 2.05. The molecule has 1 unspecified atom stereocenters. The molecule has 19 nitrogen and oxygen atoms in total. The average Bonchev–Trinajstić information content (AvgIpc) is 3.98. The van der Waals surface area contributed by atoms with E-state index < -0.39 is 35.6 Å². The summed E-state index contributed by atoms with van der Waals surface area (Å²) in [4.78, 5) is 79.1. The first-order chi connectivity index (χ1) is 31.4. The van der Waals surface area contributed by atoms with Gasteiger partial charge in [0, 0.05) is 37.0 Å². The maximum absolute atomic E-state index is 13.3. The topological polar surface area (TPSA) is 228 Å². The second-order valence-corrected chi connectivity index (χ2v) is 17.2. The maximum Gasteiger partial charge on any atom is 0.276 e. The van der Waals surface area contributed by atoms with Crippen LogP contribution in [0.5, 0.6) is 0 Å². The lowest BCUT2D eigenvalue weighted by Gasteiger charge is -2.28. The Morgan fingerprint density at radius 2 is 1.60 bits per heavy atom. The summed E-state index contributed by atoms with van der Waals surface area (Å²) in [5.41, 5.74) is 4.60. The minimum Gasteiger partial charge on any atom is -0.378 e. The number of ether oxygens (including phenoxy) is 4. The number of nitrogens with zero attached hydrogens (tertiary/aromatic N) is 5. The van der Waals surface area contributed by atoms with Crippen molar-refractivity contribution in [1.29, 1.82) is 0 Å². The fraction of sp³-hybridized carbons (Fsp3) is 0.478. The zero-order valence-electron chi connectivity index (χ0n) is 37.1. The molecule has 3 aliphatic rings. The van der Waals surface area contributed by atoms with Crippen LogP contribution in [0.2, 0.25) is 0 Å². The Hall–Kier alpha value is -6.12. The van der Waals surface area contributed by atoms with E-state index in [0.717, 1.165) is 60.5 Å². The van der Waals surface area contributed by atoms with Gasteiger partial charge in [-0.25, -0.2) is 0 Å². The minimum atomic E-state index is -1.11. The van der Waals surface area contributed by atoms with Crippen LogP contribution in [-0.2, 0) is 46.2 Å². The van der Waals surface area contributed by atoms with Crippen molar-refractivity contribution < 1.29 is 47.7 Å². The van der Waals surface area contributed by atoms with E-state index in [1.807, 2.05) is 29.1 Å². The predicted molar refractivity (Wildman–Crippen MR) is 236 cm³/mol. The largest absolute Gasteiger partial charge is 0.378 e. The number of H-pyrrole nitrogens is 1. The molecular formula is C46H57N9O10. The Morgan fingerprint density at radius 3 is 2.34 bits per heavy atom. The lowest BCUT2D eigenvalue weighted by Crippen LogP contribution is -2.54. The van der Waals surface area contributed by atoms with Gasteiger partial charge in [-0.15, -0.1) is 0 Å². The van der Waals surface area contributed by atoms with Crippen LogP contribution in [0.1, 0.15) is 93.6 Å². The number of benzene rings is 2. The Kier molecular flexibility index (Phi) is 15.6. The van der Waals surface area contributed by atoms with Crippen LogP contribution in [-0.4, -0.2) is 144 Å². The Balaban J connectivity index is 0.733. The summed E-state index contributed by atoms with van der Waals surface area (Å²) >= 11 is 0. The molecule has 0 saturated carbocycles. The molecule has 4 heterocycles. The predicted octanol–water partition coefficient (Wildman–Crippen LogP) is 3.39. The quantitative estimate of drug-likeness (QED) is 0.0620. The van der Waals surface area contributed by atoms with Gasteiger partial charge in [0.1, 0.15) is 12.6 Å². The van der Waals surface area contributed by atoms with Crippen LogP contribution in [0.15, 0.2) is 60.9 Å². The molecule has 2 aliphatic heterocycles. The van der Waals surface area contributed by atoms with Crippen LogP contribution in [0.3, 0.4) is 0 Å². The van der Waals surface area contributed by atoms with Gasteiger partial charge in [-0.2, -0.15) is 10.2 Å². The van der Waals surface area contributed by atoms with Crippen molar-refractivity contribution in [3.63, 3.8) is 0 Å². The number of amides is 6. The van der Waals surface area contributed by atoms with Crippen molar-refractivity contribution in [2.45, 2.75) is 64.5 Å². The van der Waals surface area contributed by atoms with E-state index in [1.54, 1.807) is 6.20 Å². The number of carbonyl (C=O) groups excluding carboxylic acids is 6. The number of hydrogen-bond acceptors (Lipinski definition) is 13. The third-order valence-electron chi connectivity index (χ3n) is 11.7. The van der Waals surface area contributed by atoms with Crippen molar-refractivity contribution in [1.82, 2.24) is 35.1 Å². The van der Waals surface area contributed by atoms with Gasteiger partial charge in [-0.05, 0) is 62.3 Å². The van der Waals surface area contributed by atoms with E-state index in [9.17, 15) is 28.8 Å². The molecule has 1 aliphatic carbocycles. The SMILES string of the molecule is CN(CCOCCOCCOCCOCC(=O)Nc1cccc2c1C(=O)N(C1CCC(=O)NC1=O)C2=O)CC[C@@H](c1ccccc1)n1cc(NC(=O)c2n[nH]c3c2CCC(C)(C)C3)cn1. The van der Waals surface area contributed by atoms with E-state index in [0.29, 0.717) is 44.4 Å². The molecule has 4 aromatic rings. The molecular weight excluding hydrogens is 839 g/mol. The second kappa shape index (κ2) is 21.7. The number of imide groups is 2. The van der Waals surface area contributed by atoms with Gasteiger partial charge in [0.2, 0.25) is 17.7 Å². The molecule has 7 rings (SSSR count). The van der Waals surface area contributed by atoms with E-state index in [2.05, 4.69) is 69.2 Å². The molecule has 65 heavy (non-hydrogen) atoms. The van der Waals surface area contributed by atoms with Crippen LogP contribution in [0, 0.1) is 5.41 Å². The number of likely N-dealkylation sites (N-methyl/N-ethyl adjacent to an activating group) is 1. The van der Waals surface area contributed by atoms with Gasteiger partial charge in [0.25, 0.3) is 17.7 Å². The zero-order valence-corrected chi connectivity index (χ0v) is 37.1. The molecule has 1 fully saturated rings. The van der Waals surface area contributed by atoms with E-state index >= 15 is 0 Å². The number of hydrogen-bond donors (Lipinski definition) is 4. The highest BCUT2D eigenvalue weighted by Gasteiger charge is 2.45. The zero-order chi connectivity index (χ0) is 45.9. The first kappa shape index (κ1) is 46.9. The smallest absolute Gasteiger partial charge is 0.276 e. The number of aromatic nitrogens is 4. The standard InChI is InChI=1S/C46H57N9O10/c1-46(2)16-14-32-35(26-46)51-52-41(32)43(59)48-31-27-47-54(28-31)36(30-8-5-4-6-9-30)15-17-53(3)18-19-62-20-21-63-22-23-64-24-25-65-29-39(57)49-34-11-7-10-33-40(34)45(61)55(44(33)60)37-12-13-38(56)50-42(37)58/h4-11,27-28,36-37H,12-26,29H2,1-3H3,(H,48,59)(H,49,57)(H,51,52)(H,50,56,58)/t36-,37?/m0/s1. The molecule has 2 aromatic heterocycles. The van der Waals surface area contributed by atoms with Crippen molar-refractivity contribution in [3.8, 4) is 0 Å². The molecule has 346 valence electrons. The lowest BCUT2D eigenvalue weighted by molar-refractivity contribution is -0.136. The van der Waals surface area contributed by atoms with Gasteiger partial charge < -0.3 is 34.5 Å². The van der Waals surface area contributed by atoms with Gasteiger partial charge in [0.05, 0.1) is 81.0 Å². The van der Waals surface area contributed by atoms with E-state index in [-0.39, 0.29) is 66.8 Å². The van der Waals surface area contributed by atoms with Crippen LogP contribution >= 0.6 is 0 Å². The van der Waals surface area contributed by atoms with Crippen molar-refractivity contribution in [2.75, 3.05) is 83.6 Å². The first-order valence-corrected chi connectivity index (χ1v) is 22.0. The van der Waals surface area contributed by atoms with Crippen molar-refractivity contribution >= 4 is 46.8 Å². The number of carbonyl (C=O) groups is 6. The third kappa shape index (κ3) is 12.0. The Morgan fingerprint density at radius 1 is 0.877 bits per heavy atom. The average molecular weight is 896 g/mol. The minimum absolute atomic E-state index is 0.00551. The summed E-state index contributed by atoms with van der Waals surface area (Å²) in [5, 5.41) is 19.9. The van der Waals surface area contributed by atoms with Gasteiger partial charge in [-0.3, -0.25) is 48.8 Å². The molecule has 2 aromatic carbocycles. The van der Waals surface area contributed by atoms with Gasteiger partial charge in [-0.1, -0.05) is 50.2 Å². The number of rotatable bonds is 23. The maximum atomic E-state index is 13.3. The number of nitrogens with one attached hydrogen (secondary N) is 4. The van der Waals surface area contributed by atoms with E-state index in [1.165, 1.54) is 18.2 Å². The first-order valence-electron chi connectivity index (χ1n) is 22.0. The van der Waals surface area contributed by atoms with E-state index in [4.69, 9.17) is 18.9 Å². The second-order valence-electron chi connectivity index (χ2n) is 17.2. The summed E-state index contributed by atoms with van der Waals surface area (Å²) in [6, 6.07) is 13.5. The lowest BCUT2D eigenvalue weighted by atomic mass is 9.76. The highest BCUT2D eigenvalue weighted by Crippen LogP contribution is 2.36. The highest BCUT2D eigenvalue weighted by atomic mass is 16.6. The van der Waals surface area contributed by atoms with Crippen LogP contribution in [0.25, 0.3) is 0 Å². The number of anilines is 2. The monoisotopic (exact) mass is 895 g/mol. The highest BCUT2D eigenvalue weighted by molar-refractivity contribution is 6.26. The summed E-state index contributed by atoms with van der Waals surface area (Å²) in [6.45, 7) is 8.07. The van der Waals surface area contributed by atoms with Crippen molar-refractivity contribution in [2.24, 2.45) is 5.41 Å². The van der Waals surface area contributed by atoms with Crippen LogP contribution < -0.4 is 16.0 Å². The normalized spacial score (nSPS) is 17.2. The van der Waals surface area contributed by atoms with Gasteiger partial charge >= 0.3 is 0 Å². The molecule has 0 radical (unpaired) electrons. The third-order valence-corrected chi connectivity index (χ3v) is 11.7. The fourth-order valence-corrected chi connectivity index (χ4v) is 8.23. The van der Waals surface area contributed by atoms with Gasteiger partial charge in [0.15, 0.2) is 5.69 Å². The summed E-state index contributed by atoms with van der Waals surface area (Å²) < 4.78 is 24.3. The molecule has 0 bridgehead atoms. The molecule has 1 saturated heterocycles. The molecule has 2 atom stereocenters. The molecule has 4 N–H and O–H groups in total. The Labute approximate surface area is 376 Å². The number of aromatic amines is 1. The Bertz CT molecular complexity index is 2350. The fourth-order valence-electron chi connectivity index (χ4n) is 8.23. The van der Waals surface area contributed by atoms with Crippen molar-refractivity contribution in [3.05, 3.63) is 94.6 Å². The summed E-state index contributed by atoms with van der Waals surface area (Å²) in [6.07, 6.45) is 7.08. The number of piperidine rings is 1. The molecule has 19 heteroatoms.